The van der Waals surface area contributed by atoms with Crippen molar-refractivity contribution in [1.82, 2.24) is 10.9 Å². The Morgan fingerprint density at radius 1 is 0.917 bits per heavy atom. The maximum Gasteiger partial charge on any atom is 0.0457 e. The Balaban J connectivity index is 1.83. The molecule has 0 spiro atoms. The predicted octanol–water partition coefficient (Wildman–Crippen LogP) is 1.84. The van der Waals surface area contributed by atoms with Gasteiger partial charge in [0.15, 0.2) is 0 Å². The second-order valence-corrected chi connectivity index (χ2v) is 4.14. The zero-order chi connectivity index (χ0) is 8.23. The van der Waals surface area contributed by atoms with Gasteiger partial charge in [-0.15, -0.1) is 0 Å². The molecule has 0 aromatic heterocycles. The zero-order valence-electron chi connectivity index (χ0n) is 7.76. The van der Waals surface area contributed by atoms with Crippen LogP contribution in [0.2, 0.25) is 0 Å². The third-order valence-electron chi connectivity index (χ3n) is 3.25. The molecule has 2 rings (SSSR count). The van der Waals surface area contributed by atoms with Crippen LogP contribution in [0.25, 0.3) is 0 Å². The van der Waals surface area contributed by atoms with Gasteiger partial charge < -0.3 is 0 Å². The van der Waals surface area contributed by atoms with Crippen LogP contribution in [-0.4, -0.2) is 12.6 Å². The normalized spacial score (nSPS) is 33.5. The van der Waals surface area contributed by atoms with Crippen LogP contribution in [0.5, 0.6) is 0 Å². The van der Waals surface area contributed by atoms with Gasteiger partial charge in [0.1, 0.15) is 0 Å². The first-order chi connectivity index (χ1) is 5.97. The van der Waals surface area contributed by atoms with E-state index in [4.69, 9.17) is 0 Å². The van der Waals surface area contributed by atoms with Crippen LogP contribution in [0.15, 0.2) is 0 Å². The van der Waals surface area contributed by atoms with Crippen molar-refractivity contribution >= 4 is 0 Å². The van der Waals surface area contributed by atoms with Gasteiger partial charge >= 0.3 is 0 Å². The van der Waals surface area contributed by atoms with E-state index < -0.39 is 0 Å². The van der Waals surface area contributed by atoms with Crippen molar-refractivity contribution in [2.24, 2.45) is 5.92 Å². The SMILES string of the molecule is C1CCCC(C2CCN[N]2)CC1. The highest BCUT2D eigenvalue weighted by molar-refractivity contribution is 4.80. The molecule has 1 unspecified atom stereocenters. The summed E-state index contributed by atoms with van der Waals surface area (Å²) in [5.74, 6) is 0.905. The molecule has 2 heteroatoms. The molecule has 69 valence electrons. The van der Waals surface area contributed by atoms with Gasteiger partial charge in [0.05, 0.1) is 0 Å². The van der Waals surface area contributed by atoms with E-state index in [1.54, 1.807) is 0 Å². The average Bonchev–Trinajstić information content (AvgIpc) is 2.48. The third kappa shape index (κ3) is 1.99. The molecule has 12 heavy (non-hydrogen) atoms. The first-order valence-electron chi connectivity index (χ1n) is 5.39. The molecule has 1 saturated heterocycles. The Bertz CT molecular complexity index is 122. The Morgan fingerprint density at radius 2 is 1.67 bits per heavy atom. The summed E-state index contributed by atoms with van der Waals surface area (Å²) in [7, 11) is 0. The standard InChI is InChI=1S/C10H19N2/c1-2-4-6-9(5-3-1)10-7-8-11-12-10/h9-11H,1-8H2. The molecule has 0 aromatic carbocycles. The third-order valence-corrected chi connectivity index (χ3v) is 3.25. The van der Waals surface area contributed by atoms with Crippen LogP contribution in [0, 0.1) is 5.92 Å². The Morgan fingerprint density at radius 3 is 2.25 bits per heavy atom. The van der Waals surface area contributed by atoms with Crippen LogP contribution in [-0.2, 0) is 0 Å². The van der Waals surface area contributed by atoms with Gasteiger partial charge in [-0.25, -0.2) is 5.43 Å². The largest absolute Gasteiger partial charge is 0.240 e. The van der Waals surface area contributed by atoms with Crippen molar-refractivity contribution in [1.29, 1.82) is 0 Å². The molecule has 2 aliphatic rings. The van der Waals surface area contributed by atoms with Crippen LogP contribution < -0.4 is 10.9 Å². The number of nitrogens with zero attached hydrogens (tertiary/aromatic N) is 1. The van der Waals surface area contributed by atoms with Crippen molar-refractivity contribution < 1.29 is 0 Å². The maximum atomic E-state index is 4.45. The molecule has 1 radical (unpaired) electrons. The average molecular weight is 167 g/mol. The Kier molecular flexibility index (Phi) is 3.01. The molecule has 0 amide bonds. The molecule has 1 aliphatic heterocycles. The van der Waals surface area contributed by atoms with Crippen molar-refractivity contribution in [3.8, 4) is 0 Å². The molecule has 0 bridgehead atoms. The van der Waals surface area contributed by atoms with Gasteiger partial charge in [-0.3, -0.25) is 0 Å². The highest BCUT2D eigenvalue weighted by Gasteiger charge is 2.25. The van der Waals surface area contributed by atoms with Gasteiger partial charge in [-0.2, -0.15) is 5.43 Å². The van der Waals surface area contributed by atoms with E-state index in [2.05, 4.69) is 10.9 Å². The number of hydrogen-bond donors (Lipinski definition) is 1. The summed E-state index contributed by atoms with van der Waals surface area (Å²) in [6, 6.07) is 0.656. The molecule has 1 N–H and O–H groups in total. The van der Waals surface area contributed by atoms with Crippen LogP contribution in [0.3, 0.4) is 0 Å². The lowest BCUT2D eigenvalue weighted by Crippen LogP contribution is -2.28. The lowest BCUT2D eigenvalue weighted by molar-refractivity contribution is 0.333. The van der Waals surface area contributed by atoms with Gasteiger partial charge in [0.25, 0.3) is 0 Å². The van der Waals surface area contributed by atoms with Gasteiger partial charge in [0, 0.05) is 12.6 Å². The number of rotatable bonds is 1. The fourth-order valence-corrected chi connectivity index (χ4v) is 2.50. The van der Waals surface area contributed by atoms with Crippen LogP contribution in [0.4, 0.5) is 0 Å². The monoisotopic (exact) mass is 167 g/mol. The van der Waals surface area contributed by atoms with Gasteiger partial charge in [-0.1, -0.05) is 25.7 Å². The second-order valence-electron chi connectivity index (χ2n) is 4.14. The number of nitrogens with one attached hydrogen (secondary N) is 1. The fraction of sp³-hybridized carbons (Fsp3) is 1.00. The van der Waals surface area contributed by atoms with E-state index in [0.29, 0.717) is 6.04 Å². The topological polar surface area (TPSA) is 26.1 Å². The Labute approximate surface area is 75.1 Å². The molecule has 2 fully saturated rings. The van der Waals surface area contributed by atoms with Crippen molar-refractivity contribution in [3.05, 3.63) is 0 Å². The fourth-order valence-electron chi connectivity index (χ4n) is 2.50. The lowest BCUT2D eigenvalue weighted by Gasteiger charge is -2.19. The predicted molar refractivity (Wildman–Crippen MR) is 49.7 cm³/mol. The summed E-state index contributed by atoms with van der Waals surface area (Å²) in [5.41, 5.74) is 7.57. The van der Waals surface area contributed by atoms with Crippen LogP contribution >= 0.6 is 0 Å². The van der Waals surface area contributed by atoms with Gasteiger partial charge in [-0.05, 0) is 25.2 Å². The smallest absolute Gasteiger partial charge is 0.0457 e. The molecule has 1 aliphatic carbocycles. The summed E-state index contributed by atoms with van der Waals surface area (Å²) in [5, 5.41) is 0. The van der Waals surface area contributed by atoms with E-state index in [-0.39, 0.29) is 0 Å². The van der Waals surface area contributed by atoms with Crippen molar-refractivity contribution in [2.75, 3.05) is 6.54 Å². The van der Waals surface area contributed by atoms with Crippen LogP contribution in [0.1, 0.15) is 44.9 Å². The lowest BCUT2D eigenvalue weighted by atomic mass is 9.91. The molecule has 1 heterocycles. The molecule has 2 nitrogen and oxygen atoms in total. The molecule has 0 aromatic rings. The minimum Gasteiger partial charge on any atom is -0.240 e. The molecular weight excluding hydrogens is 148 g/mol. The van der Waals surface area contributed by atoms with E-state index in [1.165, 1.54) is 44.9 Å². The summed E-state index contributed by atoms with van der Waals surface area (Å²) >= 11 is 0. The minimum absolute atomic E-state index is 0.656. The highest BCUT2D eigenvalue weighted by atomic mass is 15.4. The Hall–Kier alpha value is -0.0800. The summed E-state index contributed by atoms with van der Waals surface area (Å²) in [6.07, 6.45) is 9.93. The molecular formula is C10H19N2. The van der Waals surface area contributed by atoms with Gasteiger partial charge in [0.2, 0.25) is 0 Å². The van der Waals surface area contributed by atoms with E-state index in [1.807, 2.05) is 0 Å². The first kappa shape index (κ1) is 8.52. The highest BCUT2D eigenvalue weighted by Crippen LogP contribution is 2.27. The van der Waals surface area contributed by atoms with E-state index in [9.17, 15) is 0 Å². The maximum absolute atomic E-state index is 4.45. The minimum atomic E-state index is 0.656. The van der Waals surface area contributed by atoms with E-state index in [0.717, 1.165) is 12.5 Å². The van der Waals surface area contributed by atoms with Crippen molar-refractivity contribution in [2.45, 2.75) is 51.0 Å². The summed E-state index contributed by atoms with van der Waals surface area (Å²) < 4.78 is 0. The summed E-state index contributed by atoms with van der Waals surface area (Å²) in [6.45, 7) is 1.11. The molecule has 1 atom stereocenters. The second kappa shape index (κ2) is 4.24. The van der Waals surface area contributed by atoms with Crippen molar-refractivity contribution in [3.63, 3.8) is 0 Å². The quantitative estimate of drug-likeness (QED) is 0.592. The molecule has 1 saturated carbocycles. The number of hydrogen-bond acceptors (Lipinski definition) is 1. The summed E-state index contributed by atoms with van der Waals surface area (Å²) in [4.78, 5) is 0. The zero-order valence-corrected chi connectivity index (χ0v) is 7.76. The van der Waals surface area contributed by atoms with E-state index >= 15 is 0 Å². The first-order valence-corrected chi connectivity index (χ1v) is 5.39.